The van der Waals surface area contributed by atoms with Crippen LogP contribution >= 0.6 is 0 Å². The molecule has 4 saturated carbocycles. The monoisotopic (exact) mass is 667 g/mol. The number of benzene rings is 2. The number of alkyl halides is 3. The van der Waals surface area contributed by atoms with Crippen molar-refractivity contribution in [3.05, 3.63) is 71.3 Å². The number of ketones is 2. The molecule has 4 aliphatic rings. The van der Waals surface area contributed by atoms with Gasteiger partial charge < -0.3 is 16.4 Å². The molecule has 4 aliphatic carbocycles. The molecule has 48 heavy (non-hydrogen) atoms. The van der Waals surface area contributed by atoms with Crippen LogP contribution in [0.5, 0.6) is 0 Å². The summed E-state index contributed by atoms with van der Waals surface area (Å²) >= 11 is 0. The zero-order chi connectivity index (χ0) is 34.3. The van der Waals surface area contributed by atoms with Gasteiger partial charge in [-0.1, -0.05) is 48.9 Å². The first kappa shape index (κ1) is 36.2. The lowest BCUT2D eigenvalue weighted by atomic mass is 9.49. The molecule has 262 valence electrons. The molecule has 0 saturated heterocycles. The van der Waals surface area contributed by atoms with Crippen molar-refractivity contribution in [2.24, 2.45) is 40.6 Å². The fourth-order valence-electron chi connectivity index (χ4n) is 9.20. The molecule has 0 aromatic heterocycles. The maximum absolute atomic E-state index is 14.3. The number of aryl methyl sites for hydroxylation is 1. The third-order valence-electron chi connectivity index (χ3n) is 11.1. The summed E-state index contributed by atoms with van der Waals surface area (Å²) in [5, 5.41) is 0. The van der Waals surface area contributed by atoms with Gasteiger partial charge in [-0.05, 0) is 123 Å². The topological polar surface area (TPSA) is 106 Å². The van der Waals surface area contributed by atoms with E-state index in [1.807, 2.05) is 30.3 Å². The molecule has 1 amide bonds. The normalized spacial score (nSPS) is 24.3. The van der Waals surface area contributed by atoms with E-state index < -0.39 is 17.8 Å². The molecule has 4 fully saturated rings. The first-order chi connectivity index (χ1) is 22.9. The zero-order valence-corrected chi connectivity index (χ0v) is 28.1. The average Bonchev–Trinajstić information content (AvgIpc) is 3.03. The van der Waals surface area contributed by atoms with Crippen LogP contribution in [0, 0.1) is 29.1 Å². The Kier molecular flexibility index (Phi) is 12.2. The molecule has 1 unspecified atom stereocenters. The van der Waals surface area contributed by atoms with E-state index in [0.717, 1.165) is 49.8 Å². The second-order valence-electron chi connectivity index (χ2n) is 15.2. The molecule has 6 nitrogen and oxygen atoms in total. The number of nitrogens with zero attached hydrogens (tertiary/aromatic N) is 1. The molecule has 0 aliphatic heterocycles. The van der Waals surface area contributed by atoms with Crippen LogP contribution in [-0.4, -0.2) is 48.0 Å². The van der Waals surface area contributed by atoms with E-state index in [0.29, 0.717) is 49.1 Å². The van der Waals surface area contributed by atoms with Crippen molar-refractivity contribution in [3.8, 4) is 0 Å². The Morgan fingerprint density at radius 2 is 1.50 bits per heavy atom. The Bertz CT molecular complexity index is 1340. The summed E-state index contributed by atoms with van der Waals surface area (Å²) in [7, 11) is 0. The Morgan fingerprint density at radius 3 is 2.08 bits per heavy atom. The van der Waals surface area contributed by atoms with Gasteiger partial charge in [-0.2, -0.15) is 13.2 Å². The van der Waals surface area contributed by atoms with E-state index in [-0.39, 0.29) is 61.2 Å². The molecule has 6 rings (SSSR count). The predicted molar refractivity (Wildman–Crippen MR) is 181 cm³/mol. The second kappa shape index (κ2) is 16.1. The van der Waals surface area contributed by atoms with E-state index in [9.17, 15) is 27.6 Å². The van der Waals surface area contributed by atoms with E-state index in [1.54, 1.807) is 4.90 Å². The lowest BCUT2D eigenvalue weighted by Gasteiger charge is -2.57. The van der Waals surface area contributed by atoms with Gasteiger partial charge in [0.15, 0.2) is 5.78 Å². The van der Waals surface area contributed by atoms with Crippen LogP contribution in [0.1, 0.15) is 93.7 Å². The summed E-state index contributed by atoms with van der Waals surface area (Å²) in [6.07, 6.45) is 6.35. The highest BCUT2D eigenvalue weighted by Crippen LogP contribution is 2.61. The van der Waals surface area contributed by atoms with E-state index in [1.165, 1.54) is 31.4 Å². The standard InChI is InChI=1S/C39H52F3N3O3/c40-39(41,42)33-12-9-27(10-13-33)11-14-34(46)26-45(37(48)24-38-21-29-17-30(22-38)19-31(18-29)23-38)25-32(16-28-6-2-1-3-7-28)20-36(47)35(44)8-4-5-15-43/h1-3,6-7,9-10,12-13,29-32,35H,4-5,8,11,14-26,43-44H2/t29?,30?,31?,32-,35?,38?/m1/s1. The number of hydrogen-bond acceptors (Lipinski definition) is 5. The third-order valence-corrected chi connectivity index (χ3v) is 11.1. The van der Waals surface area contributed by atoms with Crippen LogP contribution in [0.25, 0.3) is 0 Å². The van der Waals surface area contributed by atoms with Crippen molar-refractivity contribution < 1.29 is 27.6 Å². The third kappa shape index (κ3) is 10.0. The van der Waals surface area contributed by atoms with Crippen LogP contribution in [-0.2, 0) is 33.4 Å². The van der Waals surface area contributed by atoms with Crippen molar-refractivity contribution in [1.29, 1.82) is 0 Å². The smallest absolute Gasteiger partial charge is 0.335 e. The number of unbranched alkanes of at least 4 members (excludes halogenated alkanes) is 1. The van der Waals surface area contributed by atoms with Crippen molar-refractivity contribution in [1.82, 2.24) is 4.90 Å². The summed E-state index contributed by atoms with van der Waals surface area (Å²) in [6, 6.07) is 14.1. The number of carbonyl (C=O) groups is 3. The van der Waals surface area contributed by atoms with Gasteiger partial charge in [0.05, 0.1) is 18.2 Å². The molecule has 0 radical (unpaired) electrons. The fraction of sp³-hybridized carbons (Fsp3) is 0.615. The van der Waals surface area contributed by atoms with Crippen LogP contribution in [0.2, 0.25) is 0 Å². The lowest BCUT2D eigenvalue weighted by Crippen LogP contribution is -2.49. The maximum Gasteiger partial charge on any atom is 0.416 e. The van der Waals surface area contributed by atoms with Gasteiger partial charge in [-0.25, -0.2) is 0 Å². The minimum absolute atomic E-state index is 0.0105. The largest absolute Gasteiger partial charge is 0.416 e. The Balaban J connectivity index is 1.31. The molecular formula is C39H52F3N3O3. The van der Waals surface area contributed by atoms with Crippen LogP contribution in [0.4, 0.5) is 13.2 Å². The average molecular weight is 668 g/mol. The number of halogens is 3. The maximum atomic E-state index is 14.3. The van der Waals surface area contributed by atoms with Gasteiger partial charge in [-0.15, -0.1) is 0 Å². The van der Waals surface area contributed by atoms with Gasteiger partial charge >= 0.3 is 6.18 Å². The van der Waals surface area contributed by atoms with Crippen molar-refractivity contribution in [2.45, 2.75) is 102 Å². The SMILES string of the molecule is NCCCCC(N)C(=O)C[C@@H](Cc1ccccc1)CN(CC(=O)CCc1ccc(C(F)(F)F)cc1)C(=O)CC12CC3CC(CC(C3)C1)C2. The zero-order valence-electron chi connectivity index (χ0n) is 28.1. The van der Waals surface area contributed by atoms with Crippen molar-refractivity contribution in [3.63, 3.8) is 0 Å². The molecule has 0 spiro atoms. The number of nitrogens with two attached hydrogens (primary N) is 2. The summed E-state index contributed by atoms with van der Waals surface area (Å²) in [5.74, 6) is 1.62. The highest BCUT2D eigenvalue weighted by atomic mass is 19.4. The van der Waals surface area contributed by atoms with E-state index in [4.69, 9.17) is 11.5 Å². The van der Waals surface area contributed by atoms with Crippen LogP contribution in [0.15, 0.2) is 54.6 Å². The molecule has 0 heterocycles. The van der Waals surface area contributed by atoms with Crippen molar-refractivity contribution in [2.75, 3.05) is 19.6 Å². The van der Waals surface area contributed by atoms with Gasteiger partial charge in [0.2, 0.25) is 5.91 Å². The fourth-order valence-corrected chi connectivity index (χ4v) is 9.20. The Hall–Kier alpha value is -3.04. The van der Waals surface area contributed by atoms with Gasteiger partial charge in [0.25, 0.3) is 0 Å². The Labute approximate surface area is 283 Å². The quantitative estimate of drug-likeness (QED) is 0.168. The summed E-state index contributed by atoms with van der Waals surface area (Å²) < 4.78 is 39.1. The van der Waals surface area contributed by atoms with Crippen molar-refractivity contribution >= 4 is 17.5 Å². The highest BCUT2D eigenvalue weighted by molar-refractivity contribution is 5.87. The predicted octanol–water partition coefficient (Wildman–Crippen LogP) is 6.92. The van der Waals surface area contributed by atoms with Gasteiger partial charge in [0.1, 0.15) is 5.78 Å². The first-order valence-electron chi connectivity index (χ1n) is 17.9. The molecular weight excluding hydrogens is 615 g/mol. The summed E-state index contributed by atoms with van der Waals surface area (Å²) in [5.41, 5.74) is 12.9. The number of rotatable bonds is 18. The molecule has 4 N–H and O–H groups in total. The molecule has 2 aromatic rings. The van der Waals surface area contributed by atoms with E-state index in [2.05, 4.69) is 0 Å². The van der Waals surface area contributed by atoms with Crippen LogP contribution in [0.3, 0.4) is 0 Å². The summed E-state index contributed by atoms with van der Waals surface area (Å²) in [6.45, 7) is 0.743. The number of amides is 1. The lowest BCUT2D eigenvalue weighted by molar-refractivity contribution is -0.143. The molecule has 2 atom stereocenters. The molecule has 4 bridgehead atoms. The minimum Gasteiger partial charge on any atom is -0.335 e. The van der Waals surface area contributed by atoms with E-state index >= 15 is 0 Å². The summed E-state index contributed by atoms with van der Waals surface area (Å²) in [4.78, 5) is 42.8. The highest BCUT2D eigenvalue weighted by Gasteiger charge is 2.52. The Morgan fingerprint density at radius 1 is 0.875 bits per heavy atom. The number of hydrogen-bond donors (Lipinski definition) is 2. The number of Topliss-reactive ketones (excluding diaryl/α,β-unsaturated/α-hetero) is 2. The molecule has 2 aromatic carbocycles. The minimum atomic E-state index is -4.42. The second-order valence-corrected chi connectivity index (χ2v) is 15.2. The van der Waals surface area contributed by atoms with Gasteiger partial charge in [0, 0.05) is 25.8 Å². The molecule has 9 heteroatoms. The van der Waals surface area contributed by atoms with Crippen LogP contribution < -0.4 is 11.5 Å². The van der Waals surface area contributed by atoms with Gasteiger partial charge in [-0.3, -0.25) is 14.4 Å². The first-order valence-corrected chi connectivity index (χ1v) is 17.9. The number of carbonyl (C=O) groups excluding carboxylic acids is 3.